The number of rotatable bonds is 11. The summed E-state index contributed by atoms with van der Waals surface area (Å²) in [7, 11) is 1.76. The largest absolute Gasteiger partial charge is 0.396 e. The van der Waals surface area contributed by atoms with E-state index in [9.17, 15) is 5.11 Å². The second kappa shape index (κ2) is 15.3. The average Bonchev–Trinajstić information content (AvgIpc) is 2.73. The molecule has 0 bridgehead atoms. The Morgan fingerprint density at radius 1 is 1.00 bits per heavy atom. The molecule has 0 aliphatic heterocycles. The van der Waals surface area contributed by atoms with Gasteiger partial charge < -0.3 is 20.5 Å². The molecule has 0 fully saturated rings. The summed E-state index contributed by atoms with van der Waals surface area (Å²) in [6.07, 6.45) is 2.01. The van der Waals surface area contributed by atoms with E-state index >= 15 is 0 Å². The molecule has 0 spiro atoms. The maximum Gasteiger partial charge on any atom is 0.190 e. The van der Waals surface area contributed by atoms with Crippen LogP contribution in [-0.2, 0) is 11.3 Å². The maximum atomic E-state index is 9.63. The topological polar surface area (TPSA) is 65.9 Å². The Morgan fingerprint density at radius 2 is 1.68 bits per heavy atom. The molecule has 2 aromatic carbocycles. The minimum atomic E-state index is 0. The van der Waals surface area contributed by atoms with Crippen molar-refractivity contribution in [2.45, 2.75) is 25.4 Å². The summed E-state index contributed by atoms with van der Waals surface area (Å²) in [5, 5.41) is 16.2. The van der Waals surface area contributed by atoms with Crippen molar-refractivity contribution in [2.24, 2.45) is 4.99 Å². The Morgan fingerprint density at radius 3 is 2.32 bits per heavy atom. The zero-order chi connectivity index (χ0) is 19.2. The highest BCUT2D eigenvalue weighted by Gasteiger charge is 2.10. The molecule has 0 heterocycles. The van der Waals surface area contributed by atoms with Crippen LogP contribution in [0.5, 0.6) is 0 Å². The number of ether oxygens (including phenoxy) is 1. The molecular formula is C22H32IN3O2. The number of nitrogens with one attached hydrogen (secondary N) is 2. The molecule has 0 radical (unpaired) electrons. The molecule has 6 heteroatoms. The van der Waals surface area contributed by atoms with Gasteiger partial charge in [-0.3, -0.25) is 4.99 Å². The molecule has 0 aliphatic rings. The number of hydrogen-bond acceptors (Lipinski definition) is 3. The Hall–Kier alpha value is -1.64. The van der Waals surface area contributed by atoms with Crippen molar-refractivity contribution in [3.63, 3.8) is 0 Å². The lowest BCUT2D eigenvalue weighted by Gasteiger charge is -2.18. The highest BCUT2D eigenvalue weighted by Crippen LogP contribution is 2.13. The Labute approximate surface area is 185 Å². The van der Waals surface area contributed by atoms with Gasteiger partial charge in [0, 0.05) is 32.7 Å². The van der Waals surface area contributed by atoms with E-state index in [1.165, 1.54) is 5.56 Å². The van der Waals surface area contributed by atoms with E-state index in [1.54, 1.807) is 7.05 Å². The molecule has 1 atom stereocenters. The van der Waals surface area contributed by atoms with Crippen molar-refractivity contribution in [3.05, 3.63) is 71.8 Å². The van der Waals surface area contributed by atoms with Gasteiger partial charge >= 0.3 is 0 Å². The van der Waals surface area contributed by atoms with E-state index in [1.807, 2.05) is 48.5 Å². The number of benzene rings is 2. The first-order valence-corrected chi connectivity index (χ1v) is 9.55. The van der Waals surface area contributed by atoms with Crippen LogP contribution in [-0.4, -0.2) is 44.4 Å². The zero-order valence-corrected chi connectivity index (χ0v) is 18.8. The van der Waals surface area contributed by atoms with E-state index < -0.39 is 0 Å². The lowest BCUT2D eigenvalue weighted by Crippen LogP contribution is -2.40. The maximum absolute atomic E-state index is 9.63. The molecule has 2 rings (SSSR count). The van der Waals surface area contributed by atoms with E-state index in [4.69, 9.17) is 4.74 Å². The number of guanidine groups is 1. The molecule has 0 saturated carbocycles. The van der Waals surface area contributed by atoms with Gasteiger partial charge in [0.25, 0.3) is 0 Å². The first-order chi connectivity index (χ1) is 13.3. The smallest absolute Gasteiger partial charge is 0.190 e. The van der Waals surface area contributed by atoms with E-state index in [2.05, 4.69) is 27.8 Å². The summed E-state index contributed by atoms with van der Waals surface area (Å²) in [5.74, 6) is 0.811. The van der Waals surface area contributed by atoms with Crippen LogP contribution in [0.3, 0.4) is 0 Å². The quantitative estimate of drug-likeness (QED) is 0.192. The normalized spacial score (nSPS) is 12.1. The van der Waals surface area contributed by atoms with Crippen LogP contribution in [0.4, 0.5) is 0 Å². The van der Waals surface area contributed by atoms with E-state index in [0.717, 1.165) is 37.5 Å². The van der Waals surface area contributed by atoms with Crippen LogP contribution in [0.25, 0.3) is 0 Å². The number of nitrogens with zero attached hydrogens (tertiary/aromatic N) is 1. The molecule has 0 aromatic heterocycles. The van der Waals surface area contributed by atoms with Crippen LogP contribution in [0, 0.1) is 0 Å². The van der Waals surface area contributed by atoms with Crippen molar-refractivity contribution in [3.8, 4) is 0 Å². The molecule has 1 unspecified atom stereocenters. The third kappa shape index (κ3) is 9.52. The van der Waals surface area contributed by atoms with Crippen molar-refractivity contribution < 1.29 is 9.84 Å². The molecule has 3 N–H and O–H groups in total. The zero-order valence-electron chi connectivity index (χ0n) is 16.5. The molecule has 154 valence electrons. The van der Waals surface area contributed by atoms with E-state index in [-0.39, 0.29) is 36.5 Å². The van der Waals surface area contributed by atoms with Crippen molar-refractivity contribution in [1.29, 1.82) is 0 Å². The summed E-state index contributed by atoms with van der Waals surface area (Å²) in [5.41, 5.74) is 2.33. The van der Waals surface area contributed by atoms with Crippen LogP contribution >= 0.6 is 24.0 Å². The first-order valence-electron chi connectivity index (χ1n) is 9.55. The molecule has 2 aromatic rings. The molecule has 0 amide bonds. The molecule has 0 saturated heterocycles. The minimum Gasteiger partial charge on any atom is -0.396 e. The van der Waals surface area contributed by atoms with Gasteiger partial charge in [-0.15, -0.1) is 24.0 Å². The fourth-order valence-corrected chi connectivity index (χ4v) is 2.75. The van der Waals surface area contributed by atoms with Gasteiger partial charge in [0.15, 0.2) is 5.96 Å². The predicted octanol–water partition coefficient (Wildman–Crippen LogP) is 3.54. The van der Waals surface area contributed by atoms with Gasteiger partial charge in [-0.2, -0.15) is 0 Å². The van der Waals surface area contributed by atoms with Crippen molar-refractivity contribution in [1.82, 2.24) is 10.6 Å². The van der Waals surface area contributed by atoms with Crippen LogP contribution in [0.1, 0.15) is 29.9 Å². The lowest BCUT2D eigenvalue weighted by atomic mass is 10.0. The predicted molar refractivity (Wildman–Crippen MR) is 126 cm³/mol. The molecule has 0 aliphatic carbocycles. The summed E-state index contributed by atoms with van der Waals surface area (Å²) in [6, 6.07) is 20.3. The highest BCUT2D eigenvalue weighted by atomic mass is 127. The summed E-state index contributed by atoms with van der Waals surface area (Å²) >= 11 is 0. The summed E-state index contributed by atoms with van der Waals surface area (Å²) in [4.78, 5) is 4.24. The number of hydrogen-bond donors (Lipinski definition) is 3. The Bertz CT molecular complexity index is 653. The van der Waals surface area contributed by atoms with Gasteiger partial charge in [0.2, 0.25) is 0 Å². The number of aliphatic hydroxyl groups excluding tert-OH is 1. The Kier molecular flexibility index (Phi) is 13.3. The van der Waals surface area contributed by atoms with Gasteiger partial charge in [0.05, 0.1) is 13.2 Å². The first kappa shape index (κ1) is 24.4. The number of halogens is 1. The average molecular weight is 497 g/mol. The van der Waals surface area contributed by atoms with Gasteiger partial charge in [-0.25, -0.2) is 0 Å². The van der Waals surface area contributed by atoms with Crippen LogP contribution in [0.15, 0.2) is 65.7 Å². The fraction of sp³-hybridized carbons (Fsp3) is 0.409. The monoisotopic (exact) mass is 497 g/mol. The lowest BCUT2D eigenvalue weighted by molar-refractivity contribution is 0.117. The molecule has 28 heavy (non-hydrogen) atoms. The van der Waals surface area contributed by atoms with Gasteiger partial charge in [-0.1, -0.05) is 60.7 Å². The molecular weight excluding hydrogens is 465 g/mol. The fourth-order valence-electron chi connectivity index (χ4n) is 2.75. The van der Waals surface area contributed by atoms with Crippen molar-refractivity contribution in [2.75, 3.05) is 33.4 Å². The second-order valence-electron chi connectivity index (χ2n) is 6.42. The standard InChI is InChI=1S/C22H31N3O2.HI/c1-23-22(25-16-21(17-26)20-12-6-3-7-13-20)24-14-8-9-15-27-18-19-10-4-2-5-11-19;/h2-7,10-13,21,26H,8-9,14-18H2,1H3,(H2,23,24,25);1H. The summed E-state index contributed by atoms with van der Waals surface area (Å²) < 4.78 is 5.69. The van der Waals surface area contributed by atoms with Gasteiger partial charge in [0.1, 0.15) is 0 Å². The van der Waals surface area contributed by atoms with Crippen LogP contribution in [0.2, 0.25) is 0 Å². The number of aliphatic hydroxyl groups is 1. The number of unbranched alkanes of at least 4 members (excludes halogenated alkanes) is 1. The van der Waals surface area contributed by atoms with Crippen LogP contribution < -0.4 is 10.6 Å². The number of aliphatic imine (C=N–C) groups is 1. The highest BCUT2D eigenvalue weighted by molar-refractivity contribution is 14.0. The second-order valence-corrected chi connectivity index (χ2v) is 6.42. The van der Waals surface area contributed by atoms with Crippen molar-refractivity contribution >= 4 is 29.9 Å². The van der Waals surface area contributed by atoms with Gasteiger partial charge in [-0.05, 0) is 24.0 Å². The third-order valence-corrected chi connectivity index (χ3v) is 4.35. The Balaban J connectivity index is 0.00000392. The summed E-state index contributed by atoms with van der Waals surface area (Å²) in [6.45, 7) is 3.00. The SMILES string of the molecule is CN=C(NCCCCOCc1ccccc1)NCC(CO)c1ccccc1.I. The minimum absolute atomic E-state index is 0. The third-order valence-electron chi connectivity index (χ3n) is 4.35. The van der Waals surface area contributed by atoms with E-state index in [0.29, 0.717) is 13.2 Å². The molecule has 5 nitrogen and oxygen atoms in total.